The average molecular weight is 363 g/mol. The molecule has 1 amide bonds. The molecule has 2 aromatic carbocycles. The van der Waals surface area contributed by atoms with Gasteiger partial charge in [-0.15, -0.1) is 10.2 Å². The lowest BCUT2D eigenvalue weighted by molar-refractivity contribution is -0.127. The monoisotopic (exact) mass is 363 g/mol. The minimum atomic E-state index is 0.0807. The van der Waals surface area contributed by atoms with Gasteiger partial charge in [0.05, 0.1) is 12.7 Å². The molecular weight excluding hydrogens is 346 g/mol. The molecule has 0 saturated carbocycles. The maximum atomic E-state index is 12.4. The molecule has 7 heteroatoms. The van der Waals surface area contributed by atoms with Crippen molar-refractivity contribution in [3.05, 3.63) is 66.4 Å². The Morgan fingerprint density at radius 1 is 1.12 bits per heavy atom. The summed E-state index contributed by atoms with van der Waals surface area (Å²) in [5.41, 5.74) is 4.06. The van der Waals surface area contributed by atoms with Crippen molar-refractivity contribution in [2.24, 2.45) is 5.10 Å². The van der Waals surface area contributed by atoms with Gasteiger partial charge in [-0.1, -0.05) is 66.4 Å². The van der Waals surface area contributed by atoms with Gasteiger partial charge in [-0.2, -0.15) is 5.10 Å². The molecule has 4 rings (SSSR count). The van der Waals surface area contributed by atoms with Crippen molar-refractivity contribution in [2.45, 2.75) is 13.0 Å². The Hall–Kier alpha value is -2.93. The third-order valence-corrected chi connectivity index (χ3v) is 5.07. The number of nitrogens with one attached hydrogen (secondary N) is 1. The summed E-state index contributed by atoms with van der Waals surface area (Å²) in [5, 5.41) is 15.2. The number of anilines is 1. The zero-order valence-electron chi connectivity index (χ0n) is 14.0. The standard InChI is InChI=1S/C19H17N5OS/c25-17-10-11-26-19(24(17)13-14-6-2-1-3-7-14)23-22-18-16-9-5-4-8-15(16)12-20-21-18/h1-9,12H,10-11,13H2,(H,21,22)/b23-19+. The van der Waals surface area contributed by atoms with Gasteiger partial charge >= 0.3 is 0 Å². The van der Waals surface area contributed by atoms with Crippen LogP contribution in [-0.2, 0) is 11.3 Å². The van der Waals surface area contributed by atoms with Gasteiger partial charge in [-0.05, 0) is 5.56 Å². The molecule has 1 saturated heterocycles. The van der Waals surface area contributed by atoms with Crippen LogP contribution in [0.25, 0.3) is 10.8 Å². The Bertz CT molecular complexity index is 955. The van der Waals surface area contributed by atoms with Crippen LogP contribution in [0.15, 0.2) is 65.9 Å². The number of nitrogens with zero attached hydrogens (tertiary/aromatic N) is 4. The Balaban J connectivity index is 1.60. The highest BCUT2D eigenvalue weighted by molar-refractivity contribution is 8.13. The van der Waals surface area contributed by atoms with E-state index < -0.39 is 0 Å². The molecule has 130 valence electrons. The lowest BCUT2D eigenvalue weighted by Gasteiger charge is -2.27. The van der Waals surface area contributed by atoms with Crippen LogP contribution < -0.4 is 5.43 Å². The highest BCUT2D eigenvalue weighted by Crippen LogP contribution is 2.23. The van der Waals surface area contributed by atoms with Gasteiger partial charge < -0.3 is 0 Å². The number of hydrogen-bond donors (Lipinski definition) is 1. The molecule has 1 aliphatic heterocycles. The van der Waals surface area contributed by atoms with E-state index in [4.69, 9.17) is 0 Å². The molecule has 0 spiro atoms. The number of hydrazone groups is 1. The van der Waals surface area contributed by atoms with Crippen LogP contribution in [0.5, 0.6) is 0 Å². The highest BCUT2D eigenvalue weighted by Gasteiger charge is 2.25. The molecular formula is C19H17N5OS. The number of carbonyl (C=O) groups is 1. The van der Waals surface area contributed by atoms with E-state index in [0.717, 1.165) is 22.1 Å². The molecule has 1 aromatic heterocycles. The van der Waals surface area contributed by atoms with E-state index in [0.29, 0.717) is 24.0 Å². The van der Waals surface area contributed by atoms with E-state index in [-0.39, 0.29) is 5.91 Å². The number of thioether (sulfide) groups is 1. The largest absolute Gasteiger partial charge is 0.285 e. The molecule has 3 aromatic rings. The molecule has 0 atom stereocenters. The predicted octanol–water partition coefficient (Wildman–Crippen LogP) is 3.48. The zero-order chi connectivity index (χ0) is 17.8. The summed E-state index contributed by atoms with van der Waals surface area (Å²) >= 11 is 1.56. The fraction of sp³-hybridized carbons (Fsp3) is 0.158. The van der Waals surface area contributed by atoms with Crippen LogP contribution in [0.2, 0.25) is 0 Å². The first-order chi connectivity index (χ1) is 12.8. The first-order valence-electron chi connectivity index (χ1n) is 8.32. The molecule has 2 heterocycles. The van der Waals surface area contributed by atoms with Crippen molar-refractivity contribution in [3.63, 3.8) is 0 Å². The van der Waals surface area contributed by atoms with Crippen LogP contribution in [0.3, 0.4) is 0 Å². The molecule has 0 bridgehead atoms. The molecule has 1 fully saturated rings. The molecule has 0 unspecified atom stereocenters. The fourth-order valence-electron chi connectivity index (χ4n) is 2.77. The molecule has 26 heavy (non-hydrogen) atoms. The number of rotatable bonds is 4. The van der Waals surface area contributed by atoms with E-state index in [1.54, 1.807) is 22.9 Å². The number of carbonyl (C=O) groups excluding carboxylic acids is 1. The van der Waals surface area contributed by atoms with Crippen LogP contribution in [0.1, 0.15) is 12.0 Å². The second kappa shape index (κ2) is 7.53. The number of hydrogen-bond acceptors (Lipinski definition) is 6. The van der Waals surface area contributed by atoms with Crippen molar-refractivity contribution in [3.8, 4) is 0 Å². The van der Waals surface area contributed by atoms with Gasteiger partial charge in [0, 0.05) is 22.9 Å². The second-order valence-electron chi connectivity index (χ2n) is 5.85. The molecule has 1 aliphatic rings. The van der Waals surface area contributed by atoms with Crippen LogP contribution >= 0.6 is 11.8 Å². The van der Waals surface area contributed by atoms with Gasteiger partial charge in [0.2, 0.25) is 5.91 Å². The second-order valence-corrected chi connectivity index (χ2v) is 6.91. The normalized spacial score (nSPS) is 16.2. The quantitative estimate of drug-likeness (QED) is 0.719. The van der Waals surface area contributed by atoms with Crippen molar-refractivity contribution in [1.29, 1.82) is 0 Å². The first-order valence-corrected chi connectivity index (χ1v) is 9.31. The zero-order valence-corrected chi connectivity index (χ0v) is 14.8. The lowest BCUT2D eigenvalue weighted by Crippen LogP contribution is -2.39. The van der Waals surface area contributed by atoms with E-state index >= 15 is 0 Å². The molecule has 1 N–H and O–H groups in total. The predicted molar refractivity (Wildman–Crippen MR) is 105 cm³/mol. The van der Waals surface area contributed by atoms with Crippen LogP contribution in [0, 0.1) is 0 Å². The number of aromatic nitrogens is 2. The van der Waals surface area contributed by atoms with Crippen LogP contribution in [0.4, 0.5) is 5.82 Å². The van der Waals surface area contributed by atoms with Gasteiger partial charge in [0.1, 0.15) is 0 Å². The Morgan fingerprint density at radius 3 is 2.81 bits per heavy atom. The molecule has 0 radical (unpaired) electrons. The third-order valence-electron chi connectivity index (χ3n) is 4.09. The summed E-state index contributed by atoms with van der Waals surface area (Å²) in [6, 6.07) is 17.8. The summed E-state index contributed by atoms with van der Waals surface area (Å²) < 4.78 is 0. The maximum Gasteiger partial charge on any atom is 0.229 e. The smallest absolute Gasteiger partial charge is 0.229 e. The summed E-state index contributed by atoms with van der Waals surface area (Å²) in [4.78, 5) is 14.1. The van der Waals surface area contributed by atoms with Crippen molar-refractivity contribution < 1.29 is 4.79 Å². The summed E-state index contributed by atoms with van der Waals surface area (Å²) in [5.74, 6) is 1.39. The van der Waals surface area contributed by atoms with E-state index in [9.17, 15) is 4.79 Å². The van der Waals surface area contributed by atoms with Crippen molar-refractivity contribution in [2.75, 3.05) is 11.2 Å². The fourth-order valence-corrected chi connectivity index (χ4v) is 3.67. The summed E-state index contributed by atoms with van der Waals surface area (Å²) in [6.07, 6.45) is 2.23. The maximum absolute atomic E-state index is 12.4. The van der Waals surface area contributed by atoms with Gasteiger partial charge in [-0.3, -0.25) is 15.1 Å². The van der Waals surface area contributed by atoms with E-state index in [1.807, 2.05) is 54.6 Å². The first kappa shape index (κ1) is 16.5. The molecule has 0 aliphatic carbocycles. The van der Waals surface area contributed by atoms with Crippen LogP contribution in [-0.4, -0.2) is 31.9 Å². The summed E-state index contributed by atoms with van der Waals surface area (Å²) in [6.45, 7) is 0.508. The third kappa shape index (κ3) is 3.52. The van der Waals surface area contributed by atoms with Gasteiger partial charge in [0.25, 0.3) is 0 Å². The Morgan fingerprint density at radius 2 is 1.92 bits per heavy atom. The minimum Gasteiger partial charge on any atom is -0.285 e. The van der Waals surface area contributed by atoms with Crippen molar-refractivity contribution in [1.82, 2.24) is 15.1 Å². The minimum absolute atomic E-state index is 0.0807. The highest BCUT2D eigenvalue weighted by atomic mass is 32.2. The topological polar surface area (TPSA) is 70.5 Å². The van der Waals surface area contributed by atoms with E-state index in [1.165, 1.54) is 0 Å². The summed E-state index contributed by atoms with van der Waals surface area (Å²) in [7, 11) is 0. The molecule has 6 nitrogen and oxygen atoms in total. The number of fused-ring (bicyclic) bond motifs is 1. The number of benzene rings is 2. The van der Waals surface area contributed by atoms with Gasteiger partial charge in [0.15, 0.2) is 11.0 Å². The van der Waals surface area contributed by atoms with Gasteiger partial charge in [-0.25, -0.2) is 0 Å². The number of amidine groups is 1. The van der Waals surface area contributed by atoms with E-state index in [2.05, 4.69) is 20.7 Å². The average Bonchev–Trinajstić information content (AvgIpc) is 2.69. The lowest BCUT2D eigenvalue weighted by atomic mass is 10.2. The Labute approximate surface area is 155 Å². The number of amides is 1. The van der Waals surface area contributed by atoms with Crippen molar-refractivity contribution >= 4 is 39.4 Å². The Kier molecular flexibility index (Phi) is 4.79. The SMILES string of the molecule is O=C1CCS/C(=N/Nc2nncc3ccccc23)N1Cc1ccccc1.